The Bertz CT molecular complexity index is 115. The molecule has 0 atom stereocenters. The first-order chi connectivity index (χ1) is 7.27. The van der Waals surface area contributed by atoms with Gasteiger partial charge in [0.1, 0.15) is 0 Å². The van der Waals surface area contributed by atoms with Crippen molar-refractivity contribution >= 4 is 21.6 Å². The molecule has 15 heavy (non-hydrogen) atoms. The molecule has 0 aromatic rings. The van der Waals surface area contributed by atoms with Gasteiger partial charge < -0.3 is 0 Å². The molecular formula is C13H28OSn. The van der Waals surface area contributed by atoms with Crippen LogP contribution in [-0.2, 0) is 3.07 Å². The van der Waals surface area contributed by atoms with E-state index in [0.717, 1.165) is 12.5 Å². The van der Waals surface area contributed by atoms with Gasteiger partial charge in [-0.05, 0) is 0 Å². The van der Waals surface area contributed by atoms with Crippen LogP contribution in [0.4, 0.5) is 0 Å². The molecule has 0 aliphatic carbocycles. The minimum atomic E-state index is -0.427. The van der Waals surface area contributed by atoms with Crippen LogP contribution in [0, 0.1) is 5.92 Å². The van der Waals surface area contributed by atoms with Crippen LogP contribution in [0.1, 0.15) is 65.7 Å². The van der Waals surface area contributed by atoms with Crippen molar-refractivity contribution < 1.29 is 3.07 Å². The summed E-state index contributed by atoms with van der Waals surface area (Å²) in [6.07, 6.45) is 9.78. The van der Waals surface area contributed by atoms with Gasteiger partial charge in [-0.15, -0.1) is 0 Å². The molecule has 0 aliphatic heterocycles. The van der Waals surface area contributed by atoms with Crippen molar-refractivity contribution in [1.29, 1.82) is 0 Å². The van der Waals surface area contributed by atoms with Crippen LogP contribution in [0.5, 0.6) is 0 Å². The summed E-state index contributed by atoms with van der Waals surface area (Å²) in [7, 11) is 0. The summed E-state index contributed by atoms with van der Waals surface area (Å²) in [6, 6.07) is 0. The molecule has 2 radical (unpaired) electrons. The molecule has 0 saturated carbocycles. The minimum absolute atomic E-state index is 0.427. The average Bonchev–Trinajstić information content (AvgIpc) is 2.20. The first-order valence-electron chi connectivity index (χ1n) is 6.62. The SMILES string of the molecule is CCCCCCC[CH2][Sn][O]CCC(C)C. The second-order valence-corrected chi connectivity index (χ2v) is 7.77. The van der Waals surface area contributed by atoms with E-state index in [1.54, 1.807) is 0 Å². The van der Waals surface area contributed by atoms with Crippen LogP contribution in [0.2, 0.25) is 4.44 Å². The molecule has 0 heterocycles. The van der Waals surface area contributed by atoms with Crippen LogP contribution < -0.4 is 0 Å². The van der Waals surface area contributed by atoms with Crippen LogP contribution in [0.25, 0.3) is 0 Å². The van der Waals surface area contributed by atoms with Gasteiger partial charge >= 0.3 is 107 Å². The summed E-state index contributed by atoms with van der Waals surface area (Å²) in [5.41, 5.74) is 0. The Morgan fingerprint density at radius 2 is 1.67 bits per heavy atom. The summed E-state index contributed by atoms with van der Waals surface area (Å²) in [5.74, 6) is 0.804. The molecule has 0 N–H and O–H groups in total. The summed E-state index contributed by atoms with van der Waals surface area (Å²) >= 11 is -0.427. The third kappa shape index (κ3) is 14.8. The Morgan fingerprint density at radius 1 is 1.00 bits per heavy atom. The van der Waals surface area contributed by atoms with E-state index in [-0.39, 0.29) is 0 Å². The van der Waals surface area contributed by atoms with E-state index in [0.29, 0.717) is 0 Å². The zero-order chi connectivity index (χ0) is 11.4. The van der Waals surface area contributed by atoms with E-state index in [4.69, 9.17) is 3.07 Å². The van der Waals surface area contributed by atoms with E-state index in [9.17, 15) is 0 Å². The molecule has 2 heteroatoms. The first kappa shape index (κ1) is 15.8. The molecule has 0 spiro atoms. The van der Waals surface area contributed by atoms with Gasteiger partial charge in [-0.3, -0.25) is 0 Å². The topological polar surface area (TPSA) is 9.23 Å². The molecular weight excluding hydrogens is 291 g/mol. The molecule has 0 aromatic carbocycles. The molecule has 90 valence electrons. The maximum atomic E-state index is 5.74. The fourth-order valence-corrected chi connectivity index (χ4v) is 3.70. The van der Waals surface area contributed by atoms with Crippen LogP contribution in [-0.4, -0.2) is 28.2 Å². The van der Waals surface area contributed by atoms with Crippen LogP contribution >= 0.6 is 0 Å². The fraction of sp³-hybridized carbons (Fsp3) is 1.00. The number of hydrogen-bond donors (Lipinski definition) is 0. The summed E-state index contributed by atoms with van der Waals surface area (Å²) in [5, 5.41) is 0. The number of unbranched alkanes of at least 4 members (excludes halogenated alkanes) is 5. The third-order valence-electron chi connectivity index (χ3n) is 2.53. The second kappa shape index (κ2) is 12.8. The van der Waals surface area contributed by atoms with Crippen molar-refractivity contribution in [3.8, 4) is 0 Å². The standard InChI is InChI=1S/C8H17.C5H11O.Sn/c1-3-5-7-8-6-4-2;1-5(2)3-4-6;/h1,3-8H2,2H3;5H,3-4H2,1-2H3;/q;-1;+1. The molecule has 0 saturated heterocycles. The molecule has 0 unspecified atom stereocenters. The van der Waals surface area contributed by atoms with Gasteiger partial charge in [0.15, 0.2) is 0 Å². The third-order valence-corrected chi connectivity index (χ3v) is 5.29. The van der Waals surface area contributed by atoms with Crippen molar-refractivity contribution in [2.24, 2.45) is 5.92 Å². The second-order valence-electron chi connectivity index (χ2n) is 4.69. The van der Waals surface area contributed by atoms with Crippen LogP contribution in [0.3, 0.4) is 0 Å². The molecule has 1 nitrogen and oxygen atoms in total. The van der Waals surface area contributed by atoms with E-state index in [1.807, 2.05) is 0 Å². The van der Waals surface area contributed by atoms with E-state index in [1.165, 1.54) is 49.4 Å². The molecule has 0 fully saturated rings. The van der Waals surface area contributed by atoms with Crippen molar-refractivity contribution in [3.63, 3.8) is 0 Å². The van der Waals surface area contributed by atoms with Gasteiger partial charge in [-0.25, -0.2) is 0 Å². The Labute approximate surface area is 107 Å². The maximum absolute atomic E-state index is 5.74. The van der Waals surface area contributed by atoms with Crippen molar-refractivity contribution in [1.82, 2.24) is 0 Å². The van der Waals surface area contributed by atoms with Crippen molar-refractivity contribution in [2.45, 2.75) is 70.2 Å². The van der Waals surface area contributed by atoms with Crippen molar-refractivity contribution in [2.75, 3.05) is 6.61 Å². The number of hydrogen-bond acceptors (Lipinski definition) is 1. The Hall–Kier alpha value is 0.759. The molecule has 0 aliphatic rings. The Balaban J connectivity index is 2.87. The van der Waals surface area contributed by atoms with Crippen molar-refractivity contribution in [3.05, 3.63) is 0 Å². The predicted molar refractivity (Wildman–Crippen MR) is 69.3 cm³/mol. The van der Waals surface area contributed by atoms with E-state index >= 15 is 0 Å². The summed E-state index contributed by atoms with van der Waals surface area (Å²) in [6.45, 7) is 7.83. The van der Waals surface area contributed by atoms with E-state index < -0.39 is 21.6 Å². The van der Waals surface area contributed by atoms with Gasteiger partial charge in [-0.1, -0.05) is 0 Å². The Morgan fingerprint density at radius 3 is 2.33 bits per heavy atom. The fourth-order valence-electron chi connectivity index (χ4n) is 1.42. The van der Waals surface area contributed by atoms with Crippen LogP contribution in [0.15, 0.2) is 0 Å². The summed E-state index contributed by atoms with van der Waals surface area (Å²) in [4.78, 5) is 0. The molecule has 0 rings (SSSR count). The van der Waals surface area contributed by atoms with E-state index in [2.05, 4.69) is 20.8 Å². The van der Waals surface area contributed by atoms with Gasteiger partial charge in [0, 0.05) is 0 Å². The van der Waals surface area contributed by atoms with Gasteiger partial charge in [0.25, 0.3) is 0 Å². The average molecular weight is 319 g/mol. The van der Waals surface area contributed by atoms with Gasteiger partial charge in [0.05, 0.1) is 0 Å². The summed E-state index contributed by atoms with van der Waals surface area (Å²) < 4.78 is 7.17. The molecule has 0 aromatic heterocycles. The van der Waals surface area contributed by atoms with Gasteiger partial charge in [0.2, 0.25) is 0 Å². The number of rotatable bonds is 11. The monoisotopic (exact) mass is 320 g/mol. The molecule has 0 amide bonds. The Kier molecular flexibility index (Phi) is 13.5. The first-order valence-corrected chi connectivity index (χ1v) is 9.80. The zero-order valence-corrected chi connectivity index (χ0v) is 13.7. The zero-order valence-electron chi connectivity index (χ0n) is 10.8. The normalized spacial score (nSPS) is 11.2. The predicted octanol–water partition coefficient (Wildman–Crippen LogP) is 4.45. The quantitative estimate of drug-likeness (QED) is 0.404. The molecule has 0 bridgehead atoms. The van der Waals surface area contributed by atoms with Gasteiger partial charge in [-0.2, -0.15) is 0 Å².